The van der Waals surface area contributed by atoms with Crippen LogP contribution in [0, 0.1) is 0 Å². The predicted octanol–water partition coefficient (Wildman–Crippen LogP) is 9.94. The van der Waals surface area contributed by atoms with Crippen LogP contribution in [0.3, 0.4) is 0 Å². The zero-order valence-electron chi connectivity index (χ0n) is 23.8. The first kappa shape index (κ1) is 25.4. The monoisotopic (exact) mass is 583 g/mol. The first-order valence-corrected chi connectivity index (χ1v) is 15.4. The average Bonchev–Trinajstić information content (AvgIpc) is 3.55. The largest absolute Gasteiger partial charge is 0.226 e. The Kier molecular flexibility index (Phi) is 5.60. The Labute approximate surface area is 261 Å². The van der Waals surface area contributed by atoms with Gasteiger partial charge in [-0.15, -0.1) is 0 Å². The molecule has 0 saturated heterocycles. The maximum absolute atomic E-state index is 6.53. The highest BCUT2D eigenvalue weighted by molar-refractivity contribution is 6.28. The first-order valence-electron chi connectivity index (χ1n) is 15.0. The van der Waals surface area contributed by atoms with Gasteiger partial charge in [-0.2, -0.15) is 9.97 Å². The second-order valence-corrected chi connectivity index (χ2v) is 12.0. The molecular weight excluding hydrogens is 558 g/mol. The van der Waals surface area contributed by atoms with Crippen LogP contribution in [-0.4, -0.2) is 15.0 Å². The fourth-order valence-corrected chi connectivity index (χ4v) is 7.64. The van der Waals surface area contributed by atoms with E-state index in [0.29, 0.717) is 11.6 Å². The zero-order chi connectivity index (χ0) is 29.3. The minimum Gasteiger partial charge on any atom is -0.208 e. The number of allylic oxidation sites excluding steroid dienone is 4. The summed E-state index contributed by atoms with van der Waals surface area (Å²) in [6, 6.07) is 42.0. The van der Waals surface area contributed by atoms with E-state index >= 15 is 0 Å². The Morgan fingerprint density at radius 1 is 0.500 bits per heavy atom. The van der Waals surface area contributed by atoms with Crippen molar-refractivity contribution in [2.75, 3.05) is 0 Å². The van der Waals surface area contributed by atoms with Crippen LogP contribution in [0.2, 0.25) is 5.28 Å². The fourth-order valence-electron chi connectivity index (χ4n) is 7.48. The van der Waals surface area contributed by atoms with Crippen molar-refractivity contribution in [3.05, 3.63) is 167 Å². The number of fused-ring (bicyclic) bond motifs is 10. The van der Waals surface area contributed by atoms with Crippen LogP contribution in [0.1, 0.15) is 40.9 Å². The van der Waals surface area contributed by atoms with Gasteiger partial charge >= 0.3 is 0 Å². The van der Waals surface area contributed by atoms with Crippen LogP contribution in [-0.2, 0) is 5.41 Å². The van der Waals surface area contributed by atoms with E-state index in [-0.39, 0.29) is 5.28 Å². The number of halogens is 1. The summed E-state index contributed by atoms with van der Waals surface area (Å²) in [5.74, 6) is 1.19. The minimum absolute atomic E-state index is 0.201. The maximum Gasteiger partial charge on any atom is 0.226 e. The number of nitrogens with zero attached hydrogens (tertiary/aromatic N) is 3. The lowest BCUT2D eigenvalue weighted by Crippen LogP contribution is -2.26. The van der Waals surface area contributed by atoms with E-state index in [1.807, 2.05) is 0 Å². The van der Waals surface area contributed by atoms with Crippen LogP contribution >= 0.6 is 11.6 Å². The molecular formula is C40H26ClN3. The third-order valence-electron chi connectivity index (χ3n) is 9.32. The third-order valence-corrected chi connectivity index (χ3v) is 9.49. The molecule has 0 radical (unpaired) electrons. The van der Waals surface area contributed by atoms with E-state index < -0.39 is 5.41 Å². The van der Waals surface area contributed by atoms with Gasteiger partial charge in [0.1, 0.15) is 0 Å². The van der Waals surface area contributed by atoms with E-state index in [1.165, 1.54) is 55.6 Å². The van der Waals surface area contributed by atoms with Crippen molar-refractivity contribution in [2.24, 2.45) is 0 Å². The normalized spacial score (nSPS) is 15.0. The summed E-state index contributed by atoms with van der Waals surface area (Å²) in [6.07, 6.45) is 8.39. The van der Waals surface area contributed by atoms with Gasteiger partial charge in [0.2, 0.25) is 5.28 Å². The Morgan fingerprint density at radius 3 is 1.77 bits per heavy atom. The molecule has 6 aromatic rings. The second-order valence-electron chi connectivity index (χ2n) is 11.6. The number of rotatable bonds is 3. The van der Waals surface area contributed by atoms with Gasteiger partial charge in [0, 0.05) is 11.1 Å². The van der Waals surface area contributed by atoms with Crippen molar-refractivity contribution < 1.29 is 0 Å². The summed E-state index contributed by atoms with van der Waals surface area (Å²) in [5, 5.41) is 0.201. The molecule has 44 heavy (non-hydrogen) atoms. The minimum atomic E-state index is -0.479. The molecule has 0 atom stereocenters. The average molecular weight is 584 g/mol. The Morgan fingerprint density at radius 2 is 1.09 bits per heavy atom. The standard InChI is InChI=1S/C40H26ClN3/c41-39-43-37(26-13-5-2-6-14-26)42-38(44-39)28-20-22-32-31-21-19-27(25-11-3-1-4-12-25)23-35(31)40(36(32)24-28)33-17-9-7-15-29(33)30-16-8-10-18-34(30)40/h1,3-5,7-24H,2,6H2. The molecule has 1 aromatic heterocycles. The lowest BCUT2D eigenvalue weighted by Gasteiger charge is -2.31. The van der Waals surface area contributed by atoms with Gasteiger partial charge in [0.15, 0.2) is 11.6 Å². The Bertz CT molecular complexity index is 2150. The molecule has 0 bridgehead atoms. The van der Waals surface area contributed by atoms with Gasteiger partial charge in [0.25, 0.3) is 0 Å². The van der Waals surface area contributed by atoms with E-state index in [1.54, 1.807) is 0 Å². The Balaban J connectivity index is 1.32. The molecule has 5 aromatic carbocycles. The molecule has 0 fully saturated rings. The van der Waals surface area contributed by atoms with E-state index in [2.05, 4.69) is 143 Å². The van der Waals surface area contributed by atoms with Gasteiger partial charge < -0.3 is 0 Å². The highest BCUT2D eigenvalue weighted by atomic mass is 35.5. The molecule has 1 spiro atoms. The molecule has 1 heterocycles. The van der Waals surface area contributed by atoms with Crippen LogP contribution < -0.4 is 0 Å². The van der Waals surface area contributed by atoms with Gasteiger partial charge in [0.05, 0.1) is 5.41 Å². The van der Waals surface area contributed by atoms with Crippen LogP contribution in [0.4, 0.5) is 0 Å². The summed E-state index contributed by atoms with van der Waals surface area (Å²) >= 11 is 6.53. The molecule has 4 heteroatoms. The van der Waals surface area contributed by atoms with Crippen molar-refractivity contribution in [3.8, 4) is 44.8 Å². The van der Waals surface area contributed by atoms with E-state index in [4.69, 9.17) is 16.6 Å². The van der Waals surface area contributed by atoms with Gasteiger partial charge in [-0.3, -0.25) is 0 Å². The smallest absolute Gasteiger partial charge is 0.208 e. The SMILES string of the molecule is Clc1nc(C2=CCCC=C2)nc(-c2ccc3c(c2)C2(c4ccccc4-c4ccccc42)c2cc(-c4ccccc4)ccc2-3)n1. The zero-order valence-corrected chi connectivity index (χ0v) is 24.6. The molecule has 3 aliphatic rings. The van der Waals surface area contributed by atoms with Crippen molar-refractivity contribution in [1.29, 1.82) is 0 Å². The molecule has 9 rings (SSSR count). The molecule has 0 unspecified atom stereocenters. The van der Waals surface area contributed by atoms with E-state index in [0.717, 1.165) is 24.0 Å². The molecule has 0 aliphatic heterocycles. The summed E-state index contributed by atoms with van der Waals surface area (Å²) in [6.45, 7) is 0. The molecule has 0 amide bonds. The van der Waals surface area contributed by atoms with Gasteiger partial charge in [-0.25, -0.2) is 4.98 Å². The van der Waals surface area contributed by atoms with Crippen molar-refractivity contribution in [1.82, 2.24) is 15.0 Å². The van der Waals surface area contributed by atoms with Gasteiger partial charge in [-0.1, -0.05) is 121 Å². The molecule has 208 valence electrons. The van der Waals surface area contributed by atoms with Crippen molar-refractivity contribution in [2.45, 2.75) is 18.3 Å². The summed E-state index contributed by atoms with van der Waals surface area (Å²) in [7, 11) is 0. The third kappa shape index (κ3) is 3.60. The highest BCUT2D eigenvalue weighted by Gasteiger charge is 2.51. The maximum atomic E-state index is 6.53. The summed E-state index contributed by atoms with van der Waals surface area (Å²) in [5.41, 5.74) is 14.0. The second kappa shape index (κ2) is 9.70. The number of aromatic nitrogens is 3. The van der Waals surface area contributed by atoms with Crippen LogP contribution in [0.25, 0.3) is 50.3 Å². The fraction of sp³-hybridized carbons (Fsp3) is 0.0750. The van der Waals surface area contributed by atoms with Crippen LogP contribution in [0.5, 0.6) is 0 Å². The van der Waals surface area contributed by atoms with Crippen LogP contribution in [0.15, 0.2) is 133 Å². The predicted molar refractivity (Wildman–Crippen MR) is 178 cm³/mol. The van der Waals surface area contributed by atoms with E-state index in [9.17, 15) is 0 Å². The topological polar surface area (TPSA) is 38.7 Å². The highest BCUT2D eigenvalue weighted by Crippen LogP contribution is 2.63. The molecule has 0 saturated carbocycles. The van der Waals surface area contributed by atoms with Crippen molar-refractivity contribution in [3.63, 3.8) is 0 Å². The lowest BCUT2D eigenvalue weighted by molar-refractivity contribution is 0.794. The summed E-state index contributed by atoms with van der Waals surface area (Å²) < 4.78 is 0. The number of hydrogen-bond acceptors (Lipinski definition) is 3. The quantitative estimate of drug-likeness (QED) is 0.208. The van der Waals surface area contributed by atoms with Gasteiger partial charge in [-0.05, 0) is 92.2 Å². The van der Waals surface area contributed by atoms with Crippen molar-refractivity contribution >= 4 is 17.2 Å². The number of hydrogen-bond donors (Lipinski definition) is 0. The Hall–Kier alpha value is -5.12. The first-order chi connectivity index (χ1) is 21.7. The number of benzene rings is 5. The summed E-state index contributed by atoms with van der Waals surface area (Å²) in [4.78, 5) is 14.0. The molecule has 3 aliphatic carbocycles. The lowest BCUT2D eigenvalue weighted by atomic mass is 9.70. The molecule has 3 nitrogen and oxygen atoms in total. The molecule has 0 N–H and O–H groups in total.